The lowest BCUT2D eigenvalue weighted by Crippen LogP contribution is -2.42. The van der Waals surface area contributed by atoms with Crippen molar-refractivity contribution in [2.75, 3.05) is 44.2 Å². The molecule has 11 heteroatoms. The zero-order valence-electron chi connectivity index (χ0n) is 24.3. The molecule has 0 radical (unpaired) electrons. The molecule has 2 N–H and O–H groups in total. The highest BCUT2D eigenvalue weighted by molar-refractivity contribution is 6.34. The number of likely N-dealkylation sites (tertiary alicyclic amines) is 2. The summed E-state index contributed by atoms with van der Waals surface area (Å²) in [5, 5.41) is 20.5. The van der Waals surface area contributed by atoms with E-state index < -0.39 is 12.8 Å². The molecule has 236 valence electrons. The molecule has 2 amide bonds. The van der Waals surface area contributed by atoms with Gasteiger partial charge in [0, 0.05) is 38.4 Å². The Balaban J connectivity index is 0.000000996. The largest absolute Gasteiger partial charge is 0.394 e. The molecule has 0 aliphatic carbocycles. The summed E-state index contributed by atoms with van der Waals surface area (Å²) in [5.41, 5.74) is 2.22. The number of alkyl halides is 3. The normalized spacial score (nSPS) is 20.6. The molecular formula is C32H41ClF3N3O4. The molecule has 3 fully saturated rings. The maximum atomic E-state index is 13.0. The van der Waals surface area contributed by atoms with Crippen molar-refractivity contribution in [1.29, 1.82) is 0 Å². The maximum Gasteiger partial charge on any atom is 0.379 e. The van der Waals surface area contributed by atoms with E-state index in [9.17, 15) is 33.0 Å². The lowest BCUT2D eigenvalue weighted by Gasteiger charge is -2.38. The highest BCUT2D eigenvalue weighted by atomic mass is 35.5. The first kappa shape index (κ1) is 33.1. The lowest BCUT2D eigenvalue weighted by molar-refractivity contribution is -0.142. The Morgan fingerprint density at radius 2 is 1.49 bits per heavy atom. The minimum Gasteiger partial charge on any atom is -0.394 e. The molecule has 3 saturated heterocycles. The van der Waals surface area contributed by atoms with Gasteiger partial charge in [-0.15, -0.1) is 0 Å². The summed E-state index contributed by atoms with van der Waals surface area (Å²) in [6.45, 7) is 0.353. The number of amides is 2. The summed E-state index contributed by atoms with van der Waals surface area (Å²) < 4.78 is 29.0. The van der Waals surface area contributed by atoms with Crippen LogP contribution in [-0.2, 0) is 4.79 Å². The van der Waals surface area contributed by atoms with Crippen molar-refractivity contribution < 1.29 is 33.0 Å². The van der Waals surface area contributed by atoms with E-state index >= 15 is 0 Å². The number of hydrogen-bond donors (Lipinski definition) is 2. The third kappa shape index (κ3) is 8.86. The van der Waals surface area contributed by atoms with Crippen molar-refractivity contribution >= 4 is 29.1 Å². The lowest BCUT2D eigenvalue weighted by atomic mass is 9.82. The minimum absolute atomic E-state index is 0.00892. The monoisotopic (exact) mass is 623 g/mol. The van der Waals surface area contributed by atoms with Crippen LogP contribution in [-0.4, -0.2) is 83.9 Å². The quantitative estimate of drug-likeness (QED) is 0.414. The molecule has 0 spiro atoms. The molecule has 2 atom stereocenters. The Hall–Kier alpha value is -2.82. The maximum absolute atomic E-state index is 13.0. The van der Waals surface area contributed by atoms with Gasteiger partial charge in [-0.05, 0) is 80.5 Å². The fourth-order valence-electron chi connectivity index (χ4n) is 6.56. The third-order valence-corrected chi connectivity index (χ3v) is 9.27. The predicted molar refractivity (Wildman–Crippen MR) is 160 cm³/mol. The van der Waals surface area contributed by atoms with Crippen LogP contribution in [0.2, 0.25) is 5.02 Å². The van der Waals surface area contributed by atoms with Crippen LogP contribution in [0.1, 0.15) is 67.0 Å². The number of carbonyl (C=O) groups is 2. The van der Waals surface area contributed by atoms with Crippen molar-refractivity contribution in [1.82, 2.24) is 9.80 Å². The van der Waals surface area contributed by atoms with Crippen LogP contribution < -0.4 is 4.90 Å². The van der Waals surface area contributed by atoms with Crippen molar-refractivity contribution in [3.8, 4) is 0 Å². The highest BCUT2D eigenvalue weighted by Gasteiger charge is 2.32. The number of aliphatic hydroxyl groups is 2. The zero-order chi connectivity index (χ0) is 30.9. The summed E-state index contributed by atoms with van der Waals surface area (Å²) in [4.78, 5) is 31.7. The van der Waals surface area contributed by atoms with Gasteiger partial charge in [0.1, 0.15) is 0 Å². The van der Waals surface area contributed by atoms with Gasteiger partial charge in [0.15, 0.2) is 6.10 Å². The van der Waals surface area contributed by atoms with Gasteiger partial charge in [0.05, 0.1) is 23.2 Å². The molecule has 3 aliphatic heterocycles. The number of rotatable bonds is 7. The molecule has 3 heterocycles. The Labute approximate surface area is 256 Å². The van der Waals surface area contributed by atoms with Gasteiger partial charge in [0.2, 0.25) is 0 Å². The van der Waals surface area contributed by atoms with Gasteiger partial charge in [-0.25, -0.2) is 0 Å². The molecule has 0 bridgehead atoms. The van der Waals surface area contributed by atoms with Crippen molar-refractivity contribution in [3.05, 3.63) is 64.7 Å². The number of hydrogen-bond acceptors (Lipinski definition) is 5. The summed E-state index contributed by atoms with van der Waals surface area (Å²) in [7, 11) is 0. The number of benzene rings is 2. The van der Waals surface area contributed by atoms with Crippen LogP contribution in [0.3, 0.4) is 0 Å². The second-order valence-corrected chi connectivity index (χ2v) is 12.0. The van der Waals surface area contributed by atoms with Crippen LogP contribution in [0.15, 0.2) is 48.5 Å². The predicted octanol–water partition coefficient (Wildman–Crippen LogP) is 5.69. The van der Waals surface area contributed by atoms with Gasteiger partial charge in [-0.3, -0.25) is 9.59 Å². The van der Waals surface area contributed by atoms with Gasteiger partial charge in [0.25, 0.3) is 11.8 Å². The number of piperidine rings is 2. The van der Waals surface area contributed by atoms with E-state index in [4.69, 9.17) is 11.6 Å². The molecule has 0 aromatic heterocycles. The molecule has 43 heavy (non-hydrogen) atoms. The van der Waals surface area contributed by atoms with Crippen molar-refractivity contribution in [3.63, 3.8) is 0 Å². The van der Waals surface area contributed by atoms with E-state index in [1.165, 1.54) is 6.42 Å². The van der Waals surface area contributed by atoms with Crippen LogP contribution in [0.5, 0.6) is 0 Å². The molecule has 5 rings (SSSR count). The first-order valence-corrected chi connectivity index (χ1v) is 15.5. The Morgan fingerprint density at radius 1 is 0.884 bits per heavy atom. The zero-order valence-corrected chi connectivity index (χ0v) is 25.0. The van der Waals surface area contributed by atoms with E-state index in [0.717, 1.165) is 57.3 Å². The number of anilines is 1. The van der Waals surface area contributed by atoms with Crippen molar-refractivity contribution in [2.24, 2.45) is 11.8 Å². The average molecular weight is 624 g/mol. The second kappa shape index (κ2) is 15.8. The summed E-state index contributed by atoms with van der Waals surface area (Å²) in [5.74, 6) is 1.01. The SMILES string of the molecule is FC(F)F.O=C([C@H](O)c1ccccc1)N1CCC(CC2CCN(c3ccc(C(=O)N4CCC[C@H]4CO)c(Cl)c3)CC2)CC1. The van der Waals surface area contributed by atoms with E-state index in [1.54, 1.807) is 17.0 Å². The van der Waals surface area contributed by atoms with E-state index in [0.29, 0.717) is 47.6 Å². The first-order valence-electron chi connectivity index (χ1n) is 15.1. The molecule has 0 saturated carbocycles. The van der Waals surface area contributed by atoms with Gasteiger partial charge in [-0.1, -0.05) is 41.9 Å². The van der Waals surface area contributed by atoms with E-state index in [-0.39, 0.29) is 24.5 Å². The fraction of sp³-hybridized carbons (Fsp3) is 0.562. The topological polar surface area (TPSA) is 84.3 Å². The van der Waals surface area contributed by atoms with Crippen LogP contribution in [0.4, 0.5) is 18.9 Å². The van der Waals surface area contributed by atoms with Crippen LogP contribution in [0.25, 0.3) is 0 Å². The smallest absolute Gasteiger partial charge is 0.379 e. The van der Waals surface area contributed by atoms with Gasteiger partial charge in [-0.2, -0.15) is 13.2 Å². The molecule has 2 aromatic rings. The minimum atomic E-state index is -3.67. The van der Waals surface area contributed by atoms with Crippen LogP contribution in [0, 0.1) is 11.8 Å². The summed E-state index contributed by atoms with van der Waals surface area (Å²) in [6.07, 6.45) is 6.08. The van der Waals surface area contributed by atoms with Gasteiger partial charge >= 0.3 is 6.68 Å². The summed E-state index contributed by atoms with van der Waals surface area (Å²) >= 11 is 6.58. The number of carbonyl (C=O) groups excluding carboxylic acids is 2. The average Bonchev–Trinajstić information content (AvgIpc) is 3.50. The Morgan fingerprint density at radius 3 is 2.07 bits per heavy atom. The molecule has 7 nitrogen and oxygen atoms in total. The van der Waals surface area contributed by atoms with Gasteiger partial charge < -0.3 is 24.9 Å². The fourth-order valence-corrected chi connectivity index (χ4v) is 6.82. The van der Waals surface area contributed by atoms with E-state index in [1.807, 2.05) is 41.3 Å². The Bertz CT molecular complexity index is 1190. The number of nitrogens with zero attached hydrogens (tertiary/aromatic N) is 3. The molecule has 0 unspecified atom stereocenters. The first-order chi connectivity index (χ1) is 20.7. The third-order valence-electron chi connectivity index (χ3n) is 8.95. The summed E-state index contributed by atoms with van der Waals surface area (Å²) in [6, 6.07) is 14.8. The van der Waals surface area contributed by atoms with Crippen LogP contribution >= 0.6 is 11.6 Å². The molecule has 2 aromatic carbocycles. The van der Waals surface area contributed by atoms with Crippen molar-refractivity contribution in [2.45, 2.75) is 63.8 Å². The number of halogens is 4. The molecule has 3 aliphatic rings. The second-order valence-electron chi connectivity index (χ2n) is 11.6. The highest BCUT2D eigenvalue weighted by Crippen LogP contribution is 2.34. The number of aliphatic hydroxyl groups excluding tert-OH is 2. The standard InChI is InChI=1S/C31H40ClN3O4.CHF3/c32-28-20-25(8-9-27(28)30(38)35-14-4-7-26(35)21-36)33-15-10-22(11-16-33)19-23-12-17-34(18-13-23)31(39)29(37)24-5-2-1-3-6-24;2-1(3)4/h1-3,5-6,8-9,20,22-23,26,29,36-37H,4,7,10-19,21H2;1H/t26-,29+;/m0./s1. The Kier molecular flexibility index (Phi) is 12.1. The van der Waals surface area contributed by atoms with E-state index in [2.05, 4.69) is 4.90 Å². The molecular weight excluding hydrogens is 583 g/mol.